The number of nitrogens with zero attached hydrogens (tertiary/aromatic N) is 4. The molecule has 4 aromatic carbocycles. The lowest BCUT2D eigenvalue weighted by Gasteiger charge is -2.43. The number of rotatable bonds is 14. The van der Waals surface area contributed by atoms with E-state index in [0.717, 1.165) is 72.3 Å². The van der Waals surface area contributed by atoms with Gasteiger partial charge in [-0.15, -0.1) is 37.2 Å². The topological polar surface area (TPSA) is 168 Å². The van der Waals surface area contributed by atoms with Gasteiger partial charge in [-0.05, 0) is 135 Å². The lowest BCUT2D eigenvalue weighted by molar-refractivity contribution is -0.147. The zero-order valence-corrected chi connectivity index (χ0v) is 49.3. The molecule has 0 saturated carbocycles. The van der Waals surface area contributed by atoms with Crippen molar-refractivity contribution in [2.24, 2.45) is 5.41 Å². The van der Waals surface area contributed by atoms with Crippen molar-refractivity contribution in [2.75, 3.05) is 69.7 Å². The molecule has 4 aliphatic heterocycles. The molecule has 0 spiro atoms. The number of hydrogen-bond donors (Lipinski definition) is 5. The zero-order valence-electron chi connectivity index (χ0n) is 46.9. The molecule has 2 saturated heterocycles. The molecule has 430 valence electrons. The Kier molecular flexibility index (Phi) is 21.2. The van der Waals surface area contributed by atoms with Crippen molar-refractivity contribution >= 4 is 78.1 Å². The van der Waals surface area contributed by atoms with E-state index in [1.807, 2.05) is 76.2 Å². The second kappa shape index (κ2) is 26.6. The standard InChI is InChI=1S/C60H78FN9O6.3ClH/c1-37-31-68(47(30-63-37)33-67-24-25-76-35-38(67)2)34-53(71)70-36-60(7,49-23-18-41(27-51(49)70)26-40-16-20-45(61)21-17-40)58(75)64-46-22-19-43-29-52(56(73)65-50-15-11-13-42-12-9-10-14-48(42)50)69(32-44(43)28-46)57(74)54(59(4,5)6)66-55(72)39(3)62-8;;;/h9-10,12,14,16-23,27-28,37-39,47,50,52,54,62-63H,11,13,15,24-26,29-36H2,1-8H3,(H,64,75)(H,65,73)(H,66,72);3*1H/t37-,38?,39?,47-,50-,52+,54?,60?;;;/m1.../s1. The van der Waals surface area contributed by atoms with Crippen LogP contribution in [-0.4, -0.2) is 140 Å². The van der Waals surface area contributed by atoms with Gasteiger partial charge in [0.1, 0.15) is 17.9 Å². The smallest absolute Gasteiger partial charge is 0.246 e. The number of anilines is 2. The maximum absolute atomic E-state index is 15.1. The van der Waals surface area contributed by atoms with Crippen LogP contribution >= 0.6 is 37.2 Å². The Labute approximate surface area is 484 Å². The minimum Gasteiger partial charge on any atom is -0.379 e. The highest BCUT2D eigenvalue weighted by atomic mass is 35.5. The van der Waals surface area contributed by atoms with Crippen molar-refractivity contribution in [3.8, 4) is 0 Å². The first kappa shape index (κ1) is 63.0. The number of amides is 5. The summed E-state index contributed by atoms with van der Waals surface area (Å²) in [5, 5.41) is 16.1. The maximum atomic E-state index is 15.1. The van der Waals surface area contributed by atoms with Gasteiger partial charge in [-0.2, -0.15) is 0 Å². The summed E-state index contributed by atoms with van der Waals surface area (Å²) in [4.78, 5) is 81.3. The first-order valence-corrected chi connectivity index (χ1v) is 27.4. The third-order valence-electron chi connectivity index (χ3n) is 16.7. The Morgan fingerprint density at radius 2 is 1.63 bits per heavy atom. The van der Waals surface area contributed by atoms with Crippen LogP contribution in [0.3, 0.4) is 0 Å². The van der Waals surface area contributed by atoms with Gasteiger partial charge in [0, 0.05) is 75.2 Å². The molecular formula is C60H81Cl3FN9O6. The van der Waals surface area contributed by atoms with Crippen LogP contribution in [0.15, 0.2) is 84.9 Å². The van der Waals surface area contributed by atoms with E-state index >= 15 is 9.59 Å². The van der Waals surface area contributed by atoms with E-state index in [-0.39, 0.29) is 123 Å². The molecular weight excluding hydrogens is 1070 g/mol. The van der Waals surface area contributed by atoms with Gasteiger partial charge in [-0.3, -0.25) is 33.8 Å². The van der Waals surface area contributed by atoms with Gasteiger partial charge >= 0.3 is 0 Å². The van der Waals surface area contributed by atoms with E-state index in [0.29, 0.717) is 37.6 Å². The summed E-state index contributed by atoms with van der Waals surface area (Å²) < 4.78 is 19.7. The van der Waals surface area contributed by atoms with Gasteiger partial charge in [0.25, 0.3) is 0 Å². The number of aryl methyl sites for hydroxylation is 1. The normalized spacial score (nSPS) is 23.7. The summed E-state index contributed by atoms with van der Waals surface area (Å²) in [5.41, 5.74) is 5.82. The molecule has 5 aliphatic rings. The fourth-order valence-electron chi connectivity index (χ4n) is 11.9. The molecule has 4 heterocycles. The van der Waals surface area contributed by atoms with Gasteiger partial charge in [-0.25, -0.2) is 4.39 Å². The second-order valence-corrected chi connectivity index (χ2v) is 23.4. The number of hydrogen-bond acceptors (Lipinski definition) is 10. The Hall–Kier alpha value is -5.17. The maximum Gasteiger partial charge on any atom is 0.246 e. The fraction of sp³-hybridized carbons (Fsp3) is 0.517. The van der Waals surface area contributed by atoms with Crippen LogP contribution in [-0.2, 0) is 59.9 Å². The van der Waals surface area contributed by atoms with Crippen LogP contribution in [0.4, 0.5) is 15.8 Å². The number of fused-ring (bicyclic) bond motifs is 3. The van der Waals surface area contributed by atoms with Crippen LogP contribution < -0.4 is 31.5 Å². The van der Waals surface area contributed by atoms with Gasteiger partial charge < -0.3 is 41.1 Å². The predicted molar refractivity (Wildman–Crippen MR) is 315 cm³/mol. The molecule has 19 heteroatoms. The van der Waals surface area contributed by atoms with Crippen molar-refractivity contribution in [3.05, 3.63) is 130 Å². The van der Waals surface area contributed by atoms with Crippen LogP contribution in [0, 0.1) is 11.2 Å². The molecule has 2 fully saturated rings. The molecule has 15 nitrogen and oxygen atoms in total. The van der Waals surface area contributed by atoms with Crippen LogP contribution in [0.5, 0.6) is 0 Å². The molecule has 4 aromatic rings. The predicted octanol–water partition coefficient (Wildman–Crippen LogP) is 6.89. The average Bonchev–Trinajstić information content (AvgIpc) is 3.95. The molecule has 0 radical (unpaired) electrons. The van der Waals surface area contributed by atoms with Crippen molar-refractivity contribution in [1.29, 1.82) is 0 Å². The number of piperazine rings is 1. The summed E-state index contributed by atoms with van der Waals surface area (Å²) in [7, 11) is 1.69. The van der Waals surface area contributed by atoms with Crippen LogP contribution in [0.1, 0.15) is 106 Å². The molecule has 9 rings (SSSR count). The summed E-state index contributed by atoms with van der Waals surface area (Å²) in [5.74, 6) is -1.67. The Balaban J connectivity index is 0.00000336. The number of morpholine rings is 1. The Morgan fingerprint density at radius 1 is 0.899 bits per heavy atom. The van der Waals surface area contributed by atoms with Gasteiger partial charge in [-0.1, -0.05) is 75.4 Å². The lowest BCUT2D eigenvalue weighted by Crippen LogP contribution is -2.62. The SMILES string of the molecule is CNC(C)C(=O)NC(C(=O)N1Cc2cc(NC(=O)C3(C)CN(C(=O)CN4C[C@@H](C)NC[C@@H]4CN4CCOCC4C)c4cc(Cc5ccc(F)cc5)ccc43)ccc2C[C@H]1C(=O)N[C@@H]1CCCc2ccccc21)C(C)(C)C.Cl.Cl.Cl. The fourth-order valence-corrected chi connectivity index (χ4v) is 11.9. The van der Waals surface area contributed by atoms with E-state index in [1.54, 1.807) is 35.9 Å². The molecule has 5 amide bonds. The second-order valence-electron chi connectivity index (χ2n) is 23.4. The van der Waals surface area contributed by atoms with Gasteiger partial charge in [0.2, 0.25) is 29.5 Å². The number of carbonyl (C=O) groups excluding carboxylic acids is 5. The minimum atomic E-state index is -1.17. The number of halogens is 4. The minimum absolute atomic E-state index is 0. The largest absolute Gasteiger partial charge is 0.379 e. The monoisotopic (exact) mass is 1150 g/mol. The van der Waals surface area contributed by atoms with E-state index in [4.69, 9.17) is 4.74 Å². The molecule has 5 N–H and O–H groups in total. The molecule has 79 heavy (non-hydrogen) atoms. The summed E-state index contributed by atoms with van der Waals surface area (Å²) in [6.07, 6.45) is 3.39. The van der Waals surface area contributed by atoms with Crippen molar-refractivity contribution < 1.29 is 33.1 Å². The third kappa shape index (κ3) is 14.1. The highest BCUT2D eigenvalue weighted by molar-refractivity contribution is 6.07. The van der Waals surface area contributed by atoms with Crippen molar-refractivity contribution in [2.45, 2.75) is 135 Å². The molecule has 1 aliphatic carbocycles. The van der Waals surface area contributed by atoms with Crippen LogP contribution in [0.2, 0.25) is 0 Å². The molecule has 0 bridgehead atoms. The van der Waals surface area contributed by atoms with Gasteiger partial charge in [0.15, 0.2) is 0 Å². The zero-order chi connectivity index (χ0) is 54.1. The molecule has 4 unspecified atom stereocenters. The van der Waals surface area contributed by atoms with E-state index in [2.05, 4.69) is 62.4 Å². The number of nitrogens with one attached hydrogen (secondary N) is 5. The third-order valence-corrected chi connectivity index (χ3v) is 16.7. The average molecular weight is 1150 g/mol. The number of likely N-dealkylation sites (N-methyl/N-ethyl adjacent to an activating group) is 1. The quantitative estimate of drug-likeness (QED) is 0.0898. The Bertz CT molecular complexity index is 2820. The first-order chi connectivity index (χ1) is 36.3. The number of ether oxygens (including phenoxy) is 1. The van der Waals surface area contributed by atoms with Gasteiger partial charge in [0.05, 0.1) is 37.3 Å². The van der Waals surface area contributed by atoms with Crippen LogP contribution in [0.25, 0.3) is 0 Å². The van der Waals surface area contributed by atoms with Crippen molar-refractivity contribution in [3.63, 3.8) is 0 Å². The number of carbonyl (C=O) groups is 5. The van der Waals surface area contributed by atoms with E-state index < -0.39 is 29.0 Å². The molecule has 8 atom stereocenters. The highest BCUT2D eigenvalue weighted by Gasteiger charge is 2.48. The lowest BCUT2D eigenvalue weighted by atomic mass is 9.82. The first-order valence-electron chi connectivity index (χ1n) is 27.4. The van der Waals surface area contributed by atoms with E-state index in [1.165, 1.54) is 17.7 Å². The Morgan fingerprint density at radius 3 is 2.35 bits per heavy atom. The summed E-state index contributed by atoms with van der Waals surface area (Å²) in [6, 6.07) is 24.1. The summed E-state index contributed by atoms with van der Waals surface area (Å²) in [6.45, 7) is 18.4. The van der Waals surface area contributed by atoms with E-state index in [9.17, 15) is 18.8 Å². The number of benzene rings is 4. The van der Waals surface area contributed by atoms with Crippen molar-refractivity contribution in [1.82, 2.24) is 36.0 Å². The summed E-state index contributed by atoms with van der Waals surface area (Å²) >= 11 is 0. The highest BCUT2D eigenvalue weighted by Crippen LogP contribution is 2.43. The molecule has 0 aromatic heterocycles.